The van der Waals surface area contributed by atoms with Crippen molar-refractivity contribution in [3.8, 4) is 0 Å². The van der Waals surface area contributed by atoms with Crippen LogP contribution in [0.25, 0.3) is 0 Å². The number of benzene rings is 2. The van der Waals surface area contributed by atoms with Gasteiger partial charge in [-0.3, -0.25) is 9.69 Å². The second-order valence-electron chi connectivity index (χ2n) is 6.70. The highest BCUT2D eigenvalue weighted by Gasteiger charge is 2.13. The van der Waals surface area contributed by atoms with Crippen molar-refractivity contribution in [3.05, 3.63) is 65.2 Å². The van der Waals surface area contributed by atoms with Gasteiger partial charge in [-0.2, -0.15) is 0 Å². The molecule has 2 aromatic carbocycles. The number of hydrogen-bond donors (Lipinski definition) is 2. The first kappa shape index (κ1) is 17.5. The summed E-state index contributed by atoms with van der Waals surface area (Å²) < 4.78 is 0. The molecule has 5 nitrogen and oxygen atoms in total. The molecule has 0 bridgehead atoms. The summed E-state index contributed by atoms with van der Waals surface area (Å²) in [6, 6.07) is 16.0. The van der Waals surface area contributed by atoms with E-state index in [-0.39, 0.29) is 0 Å². The third-order valence-electron chi connectivity index (χ3n) is 4.64. The van der Waals surface area contributed by atoms with E-state index in [4.69, 9.17) is 5.73 Å². The molecular weight excluding hydrogens is 312 g/mol. The van der Waals surface area contributed by atoms with Gasteiger partial charge in [-0.05, 0) is 42.4 Å². The van der Waals surface area contributed by atoms with Crippen molar-refractivity contribution in [2.24, 2.45) is 5.73 Å². The van der Waals surface area contributed by atoms with Gasteiger partial charge < -0.3 is 16.0 Å². The Morgan fingerprint density at radius 2 is 1.76 bits per heavy atom. The number of nitrogens with one attached hydrogen (secondary N) is 1. The molecule has 1 heterocycles. The highest BCUT2D eigenvalue weighted by molar-refractivity contribution is 5.92. The van der Waals surface area contributed by atoms with E-state index in [1.807, 2.05) is 18.2 Å². The van der Waals surface area contributed by atoms with Gasteiger partial charge in [0.1, 0.15) is 0 Å². The van der Waals surface area contributed by atoms with Crippen LogP contribution in [0.2, 0.25) is 0 Å². The standard InChI is InChI=1S/C20H26N4O/c1-23-8-10-24(11-9-23)15-17-5-3-7-19(13-17)22-14-16-4-2-6-18(12-16)20(21)25/h2-7,12-13,22H,8-11,14-15H2,1H3,(H2,21,25). The maximum absolute atomic E-state index is 11.3. The van der Waals surface area contributed by atoms with Gasteiger partial charge in [-0.1, -0.05) is 24.3 Å². The summed E-state index contributed by atoms with van der Waals surface area (Å²) in [5.74, 6) is -0.393. The summed E-state index contributed by atoms with van der Waals surface area (Å²) in [7, 11) is 2.18. The van der Waals surface area contributed by atoms with Gasteiger partial charge in [0, 0.05) is 50.5 Å². The number of nitrogens with two attached hydrogens (primary N) is 1. The molecule has 0 saturated carbocycles. The predicted octanol–water partition coefficient (Wildman–Crippen LogP) is 2.14. The van der Waals surface area contributed by atoms with Crippen LogP contribution < -0.4 is 11.1 Å². The van der Waals surface area contributed by atoms with Crippen LogP contribution in [0.5, 0.6) is 0 Å². The van der Waals surface area contributed by atoms with Crippen molar-refractivity contribution in [2.45, 2.75) is 13.1 Å². The summed E-state index contributed by atoms with van der Waals surface area (Å²) in [4.78, 5) is 16.1. The second-order valence-corrected chi connectivity index (χ2v) is 6.70. The van der Waals surface area contributed by atoms with Crippen LogP contribution in [0.4, 0.5) is 5.69 Å². The minimum absolute atomic E-state index is 0.393. The maximum Gasteiger partial charge on any atom is 0.248 e. The molecule has 3 N–H and O–H groups in total. The normalized spacial score (nSPS) is 15.9. The van der Waals surface area contributed by atoms with Gasteiger partial charge in [0.05, 0.1) is 0 Å². The van der Waals surface area contributed by atoms with Gasteiger partial charge in [0.2, 0.25) is 5.91 Å². The van der Waals surface area contributed by atoms with Crippen LogP contribution in [-0.4, -0.2) is 48.9 Å². The zero-order valence-electron chi connectivity index (χ0n) is 14.7. The predicted molar refractivity (Wildman–Crippen MR) is 102 cm³/mol. The van der Waals surface area contributed by atoms with Crippen LogP contribution in [0, 0.1) is 0 Å². The van der Waals surface area contributed by atoms with Crippen molar-refractivity contribution in [2.75, 3.05) is 38.5 Å². The van der Waals surface area contributed by atoms with Crippen LogP contribution in [-0.2, 0) is 13.1 Å². The lowest BCUT2D eigenvalue weighted by atomic mass is 10.1. The molecule has 0 aliphatic carbocycles. The Labute approximate surface area is 149 Å². The number of likely N-dealkylation sites (N-methyl/N-ethyl adjacent to an activating group) is 1. The van der Waals surface area contributed by atoms with E-state index in [1.165, 1.54) is 5.56 Å². The second kappa shape index (κ2) is 8.14. The molecule has 1 fully saturated rings. The van der Waals surface area contributed by atoms with E-state index in [0.29, 0.717) is 12.1 Å². The molecule has 0 atom stereocenters. The first-order valence-corrected chi connectivity index (χ1v) is 8.72. The van der Waals surface area contributed by atoms with Crippen molar-refractivity contribution < 1.29 is 4.79 Å². The molecule has 0 unspecified atom stereocenters. The third-order valence-corrected chi connectivity index (χ3v) is 4.64. The van der Waals surface area contributed by atoms with Crippen molar-refractivity contribution >= 4 is 11.6 Å². The van der Waals surface area contributed by atoms with Crippen molar-refractivity contribution in [1.29, 1.82) is 0 Å². The SMILES string of the molecule is CN1CCN(Cc2cccc(NCc3cccc(C(N)=O)c3)c2)CC1. The largest absolute Gasteiger partial charge is 0.381 e. The number of rotatable bonds is 6. The molecule has 132 valence electrons. The average molecular weight is 338 g/mol. The molecule has 1 aliphatic heterocycles. The van der Waals surface area contributed by atoms with Crippen LogP contribution in [0.1, 0.15) is 21.5 Å². The molecule has 25 heavy (non-hydrogen) atoms. The summed E-state index contributed by atoms with van der Waals surface area (Å²) >= 11 is 0. The fraction of sp³-hybridized carbons (Fsp3) is 0.350. The quantitative estimate of drug-likeness (QED) is 0.847. The lowest BCUT2D eigenvalue weighted by Gasteiger charge is -2.32. The number of primary amides is 1. The van der Waals surface area contributed by atoms with Gasteiger partial charge in [-0.25, -0.2) is 0 Å². The molecular formula is C20H26N4O. The van der Waals surface area contributed by atoms with Gasteiger partial charge >= 0.3 is 0 Å². The highest BCUT2D eigenvalue weighted by Crippen LogP contribution is 2.15. The van der Waals surface area contributed by atoms with Gasteiger partial charge in [0.25, 0.3) is 0 Å². The third kappa shape index (κ3) is 5.05. The first-order chi connectivity index (χ1) is 12.1. The molecule has 5 heteroatoms. The molecule has 1 saturated heterocycles. The van der Waals surface area contributed by atoms with E-state index in [1.54, 1.807) is 6.07 Å². The lowest BCUT2D eigenvalue weighted by molar-refractivity contribution is 0.1000. The Bertz CT molecular complexity index is 723. The Kier molecular flexibility index (Phi) is 5.68. The summed E-state index contributed by atoms with van der Waals surface area (Å²) in [6.45, 7) is 6.16. The first-order valence-electron chi connectivity index (χ1n) is 8.72. The van der Waals surface area contributed by atoms with Crippen molar-refractivity contribution in [3.63, 3.8) is 0 Å². The fourth-order valence-corrected chi connectivity index (χ4v) is 3.08. The van der Waals surface area contributed by atoms with Crippen LogP contribution in [0.15, 0.2) is 48.5 Å². The Balaban J connectivity index is 1.58. The lowest BCUT2D eigenvalue weighted by Crippen LogP contribution is -2.43. The Morgan fingerprint density at radius 3 is 2.52 bits per heavy atom. The number of hydrogen-bond acceptors (Lipinski definition) is 4. The van der Waals surface area contributed by atoms with Gasteiger partial charge in [0.15, 0.2) is 0 Å². The highest BCUT2D eigenvalue weighted by atomic mass is 16.1. The Hall–Kier alpha value is -2.37. The minimum atomic E-state index is -0.393. The fourth-order valence-electron chi connectivity index (χ4n) is 3.08. The summed E-state index contributed by atoms with van der Waals surface area (Å²) in [5.41, 5.74) is 9.34. The van der Waals surface area contributed by atoms with E-state index in [9.17, 15) is 4.79 Å². The number of piperazine rings is 1. The molecule has 3 rings (SSSR count). The molecule has 2 aromatic rings. The zero-order valence-corrected chi connectivity index (χ0v) is 14.7. The van der Waals surface area contributed by atoms with Crippen molar-refractivity contribution in [1.82, 2.24) is 9.80 Å². The molecule has 0 radical (unpaired) electrons. The van der Waals surface area contributed by atoms with E-state index >= 15 is 0 Å². The minimum Gasteiger partial charge on any atom is -0.381 e. The smallest absolute Gasteiger partial charge is 0.248 e. The number of anilines is 1. The molecule has 1 aliphatic rings. The van der Waals surface area contributed by atoms with E-state index < -0.39 is 5.91 Å². The molecule has 0 spiro atoms. The summed E-state index contributed by atoms with van der Waals surface area (Å²) in [6.07, 6.45) is 0. The van der Waals surface area contributed by atoms with E-state index in [2.05, 4.69) is 46.4 Å². The summed E-state index contributed by atoms with van der Waals surface area (Å²) in [5, 5.41) is 3.43. The van der Waals surface area contributed by atoms with Crippen LogP contribution in [0.3, 0.4) is 0 Å². The maximum atomic E-state index is 11.3. The topological polar surface area (TPSA) is 61.6 Å². The number of carbonyl (C=O) groups excluding carboxylic acids is 1. The number of amides is 1. The number of carbonyl (C=O) groups is 1. The monoisotopic (exact) mass is 338 g/mol. The Morgan fingerprint density at radius 1 is 1.04 bits per heavy atom. The molecule has 0 aromatic heterocycles. The average Bonchev–Trinajstić information content (AvgIpc) is 2.62. The number of nitrogens with zero attached hydrogens (tertiary/aromatic N) is 2. The van der Waals surface area contributed by atoms with Gasteiger partial charge in [-0.15, -0.1) is 0 Å². The van der Waals surface area contributed by atoms with Crippen LogP contribution >= 0.6 is 0 Å². The zero-order chi connectivity index (χ0) is 17.6. The van der Waals surface area contributed by atoms with E-state index in [0.717, 1.165) is 44.0 Å². The molecule has 1 amide bonds.